The molecule has 0 saturated carbocycles. The molecule has 0 bridgehead atoms. The third-order valence-electron chi connectivity index (χ3n) is 1.70. The molecule has 66 valence electrons. The molecule has 2 N–H and O–H groups in total. The fraction of sp³-hybridized carbons (Fsp3) is 0.333. The van der Waals surface area contributed by atoms with Crippen LogP contribution in [0.15, 0.2) is 18.2 Å². The van der Waals surface area contributed by atoms with Gasteiger partial charge in [-0.05, 0) is 13.0 Å². The zero-order chi connectivity index (χ0) is 9.14. The number of alkyl halides is 1. The molecule has 1 atom stereocenters. The third-order valence-corrected chi connectivity index (χ3v) is 2.04. The van der Waals surface area contributed by atoms with Gasteiger partial charge in [-0.25, -0.2) is 4.39 Å². The molecular formula is C9H11ClFN. The number of rotatable bonds is 2. The first-order valence-electron chi connectivity index (χ1n) is 3.75. The highest BCUT2D eigenvalue weighted by Crippen LogP contribution is 2.25. The molecule has 0 radical (unpaired) electrons. The Morgan fingerprint density at radius 1 is 1.58 bits per heavy atom. The first-order chi connectivity index (χ1) is 5.65. The number of aryl methyl sites for hydroxylation is 1. The van der Waals surface area contributed by atoms with E-state index in [4.69, 9.17) is 17.3 Å². The lowest BCUT2D eigenvalue weighted by Gasteiger charge is -2.08. The predicted molar refractivity (Wildman–Crippen MR) is 49.1 cm³/mol. The average Bonchev–Trinajstić information content (AvgIpc) is 2.08. The van der Waals surface area contributed by atoms with Crippen LogP contribution in [0.5, 0.6) is 0 Å². The molecule has 0 aromatic heterocycles. The van der Waals surface area contributed by atoms with Gasteiger partial charge in [0.2, 0.25) is 0 Å². The molecule has 0 aliphatic heterocycles. The van der Waals surface area contributed by atoms with E-state index in [1.54, 1.807) is 12.1 Å². The van der Waals surface area contributed by atoms with Gasteiger partial charge in [0, 0.05) is 17.1 Å². The summed E-state index contributed by atoms with van der Waals surface area (Å²) in [6.07, 6.45) is -1.16. The molecule has 3 heteroatoms. The van der Waals surface area contributed by atoms with Gasteiger partial charge in [0.05, 0.1) is 0 Å². The first-order valence-corrected chi connectivity index (χ1v) is 4.13. The number of halogens is 2. The highest BCUT2D eigenvalue weighted by Gasteiger charge is 2.10. The van der Waals surface area contributed by atoms with Crippen molar-refractivity contribution >= 4 is 11.6 Å². The normalized spacial score (nSPS) is 13.0. The summed E-state index contributed by atoms with van der Waals surface area (Å²) in [4.78, 5) is 0. The summed E-state index contributed by atoms with van der Waals surface area (Å²) < 4.78 is 13.1. The van der Waals surface area contributed by atoms with Crippen LogP contribution in [0.2, 0.25) is 5.02 Å². The number of hydrogen-bond donors (Lipinski definition) is 1. The van der Waals surface area contributed by atoms with Crippen molar-refractivity contribution in [2.45, 2.75) is 13.1 Å². The van der Waals surface area contributed by atoms with E-state index in [0.29, 0.717) is 10.6 Å². The van der Waals surface area contributed by atoms with Crippen LogP contribution < -0.4 is 5.73 Å². The van der Waals surface area contributed by atoms with Gasteiger partial charge in [-0.3, -0.25) is 0 Å². The molecule has 1 aromatic rings. The summed E-state index contributed by atoms with van der Waals surface area (Å²) in [5.41, 5.74) is 6.67. The fourth-order valence-corrected chi connectivity index (χ4v) is 1.27. The monoisotopic (exact) mass is 187 g/mol. The van der Waals surface area contributed by atoms with E-state index in [0.717, 1.165) is 5.56 Å². The molecule has 0 aliphatic carbocycles. The molecule has 1 nitrogen and oxygen atoms in total. The minimum Gasteiger partial charge on any atom is -0.327 e. The summed E-state index contributed by atoms with van der Waals surface area (Å²) in [5, 5.41) is 0.443. The van der Waals surface area contributed by atoms with Gasteiger partial charge < -0.3 is 5.73 Å². The van der Waals surface area contributed by atoms with Crippen LogP contribution in [-0.2, 0) is 0 Å². The van der Waals surface area contributed by atoms with Gasteiger partial charge >= 0.3 is 0 Å². The number of nitrogens with two attached hydrogens (primary N) is 1. The molecule has 0 aliphatic rings. The Balaban J connectivity index is 3.04. The maximum atomic E-state index is 13.1. The topological polar surface area (TPSA) is 26.0 Å². The van der Waals surface area contributed by atoms with Crippen molar-refractivity contribution in [3.8, 4) is 0 Å². The largest absolute Gasteiger partial charge is 0.327 e. The molecule has 0 saturated heterocycles. The van der Waals surface area contributed by atoms with Crippen molar-refractivity contribution in [2.75, 3.05) is 6.54 Å². The van der Waals surface area contributed by atoms with E-state index in [1.807, 2.05) is 13.0 Å². The highest BCUT2D eigenvalue weighted by molar-refractivity contribution is 6.31. The van der Waals surface area contributed by atoms with E-state index < -0.39 is 6.17 Å². The lowest BCUT2D eigenvalue weighted by atomic mass is 10.1. The highest BCUT2D eigenvalue weighted by atomic mass is 35.5. The Kier molecular flexibility index (Phi) is 3.06. The van der Waals surface area contributed by atoms with E-state index in [9.17, 15) is 4.39 Å². The second-order valence-electron chi connectivity index (χ2n) is 2.73. The van der Waals surface area contributed by atoms with Gasteiger partial charge in [-0.1, -0.05) is 29.3 Å². The summed E-state index contributed by atoms with van der Waals surface area (Å²) in [6.45, 7) is 1.87. The molecule has 0 fully saturated rings. The molecule has 0 amide bonds. The minimum atomic E-state index is -1.16. The van der Waals surface area contributed by atoms with E-state index in [2.05, 4.69) is 0 Å². The Morgan fingerprint density at radius 3 is 2.83 bits per heavy atom. The van der Waals surface area contributed by atoms with E-state index in [1.165, 1.54) is 0 Å². The van der Waals surface area contributed by atoms with Gasteiger partial charge in [0.1, 0.15) is 6.17 Å². The van der Waals surface area contributed by atoms with E-state index >= 15 is 0 Å². The second-order valence-corrected chi connectivity index (χ2v) is 3.14. The Morgan fingerprint density at radius 2 is 2.25 bits per heavy atom. The Hall–Kier alpha value is -0.600. The van der Waals surface area contributed by atoms with Crippen LogP contribution in [-0.4, -0.2) is 6.54 Å². The molecule has 12 heavy (non-hydrogen) atoms. The number of benzene rings is 1. The third kappa shape index (κ3) is 1.96. The Bertz CT molecular complexity index is 275. The van der Waals surface area contributed by atoms with Crippen LogP contribution in [0.4, 0.5) is 4.39 Å². The summed E-state index contributed by atoms with van der Waals surface area (Å²) in [6, 6.07) is 5.25. The van der Waals surface area contributed by atoms with Gasteiger partial charge in [-0.15, -0.1) is 0 Å². The van der Waals surface area contributed by atoms with Crippen molar-refractivity contribution in [1.82, 2.24) is 0 Å². The lowest BCUT2D eigenvalue weighted by Crippen LogP contribution is -2.08. The maximum absolute atomic E-state index is 13.1. The van der Waals surface area contributed by atoms with Gasteiger partial charge in [0.15, 0.2) is 0 Å². The standard InChI is InChI=1S/C9H11ClFN/c1-6-2-3-8(10)7(4-6)9(11)5-12/h2-4,9H,5,12H2,1H3. The van der Waals surface area contributed by atoms with Crippen LogP contribution in [0, 0.1) is 6.92 Å². The molecule has 0 heterocycles. The van der Waals surface area contributed by atoms with Gasteiger partial charge in [0.25, 0.3) is 0 Å². The predicted octanol–water partition coefficient (Wildman–Crippen LogP) is 2.62. The average molecular weight is 188 g/mol. The molecular weight excluding hydrogens is 177 g/mol. The SMILES string of the molecule is Cc1ccc(Cl)c(C(F)CN)c1. The van der Waals surface area contributed by atoms with Crippen molar-refractivity contribution in [2.24, 2.45) is 5.73 Å². The summed E-state index contributed by atoms with van der Waals surface area (Å²) >= 11 is 5.77. The second kappa shape index (κ2) is 3.87. The maximum Gasteiger partial charge on any atom is 0.139 e. The summed E-state index contributed by atoms with van der Waals surface area (Å²) in [7, 11) is 0. The molecule has 1 rings (SSSR count). The quantitative estimate of drug-likeness (QED) is 0.757. The first kappa shape index (κ1) is 9.49. The Labute approximate surface area is 76.3 Å². The van der Waals surface area contributed by atoms with Crippen LogP contribution in [0.1, 0.15) is 17.3 Å². The minimum absolute atomic E-state index is 0.0246. The van der Waals surface area contributed by atoms with Crippen molar-refractivity contribution < 1.29 is 4.39 Å². The van der Waals surface area contributed by atoms with Crippen molar-refractivity contribution in [3.05, 3.63) is 34.3 Å². The van der Waals surface area contributed by atoms with Crippen molar-refractivity contribution in [3.63, 3.8) is 0 Å². The van der Waals surface area contributed by atoms with Crippen LogP contribution >= 0.6 is 11.6 Å². The van der Waals surface area contributed by atoms with Crippen molar-refractivity contribution in [1.29, 1.82) is 0 Å². The molecule has 1 aromatic carbocycles. The number of hydrogen-bond acceptors (Lipinski definition) is 1. The fourth-order valence-electron chi connectivity index (χ4n) is 1.03. The zero-order valence-corrected chi connectivity index (χ0v) is 7.61. The summed E-state index contributed by atoms with van der Waals surface area (Å²) in [5.74, 6) is 0. The lowest BCUT2D eigenvalue weighted by molar-refractivity contribution is 0.353. The zero-order valence-electron chi connectivity index (χ0n) is 6.85. The van der Waals surface area contributed by atoms with Gasteiger partial charge in [-0.2, -0.15) is 0 Å². The van der Waals surface area contributed by atoms with Crippen LogP contribution in [0.25, 0.3) is 0 Å². The van der Waals surface area contributed by atoms with Crippen LogP contribution in [0.3, 0.4) is 0 Å². The smallest absolute Gasteiger partial charge is 0.139 e. The van der Waals surface area contributed by atoms with E-state index in [-0.39, 0.29) is 6.54 Å². The molecule has 1 unspecified atom stereocenters. The molecule has 0 spiro atoms.